The monoisotopic (exact) mass is 236 g/mol. The van der Waals surface area contributed by atoms with Crippen molar-refractivity contribution in [3.05, 3.63) is 0 Å². The molecule has 0 rings (SSSR count). The van der Waals surface area contributed by atoms with Crippen LogP contribution < -0.4 is 0 Å². The van der Waals surface area contributed by atoms with E-state index < -0.39 is 8.56 Å². The summed E-state index contributed by atoms with van der Waals surface area (Å²) in [4.78, 5) is 0. The van der Waals surface area contributed by atoms with Crippen LogP contribution in [0.15, 0.2) is 0 Å². The molecule has 0 aromatic carbocycles. The molecule has 1 atom stereocenters. The van der Waals surface area contributed by atoms with Gasteiger partial charge in [0.15, 0.2) is 5.05 Å². The molecule has 0 aliphatic rings. The Bertz CT molecular complexity index is 181. The van der Waals surface area contributed by atoms with Gasteiger partial charge in [0.05, 0.1) is 0 Å². The molecule has 1 unspecified atom stereocenters. The second-order valence-corrected chi connectivity index (χ2v) is 7.13. The predicted molar refractivity (Wildman–Crippen MR) is 63.7 cm³/mol. The quantitative estimate of drug-likeness (QED) is 0.523. The van der Waals surface area contributed by atoms with Gasteiger partial charge in [-0.15, -0.1) is 0 Å². The van der Waals surface area contributed by atoms with E-state index in [1.807, 2.05) is 27.3 Å². The van der Waals surface area contributed by atoms with E-state index in [2.05, 4.69) is 0 Å². The molecule has 0 heterocycles. The third-order valence-electron chi connectivity index (χ3n) is 1.94. The van der Waals surface area contributed by atoms with Crippen molar-refractivity contribution in [2.24, 2.45) is 0 Å². The van der Waals surface area contributed by atoms with Gasteiger partial charge in [0, 0.05) is 20.1 Å². The highest BCUT2D eigenvalue weighted by molar-refractivity contribution is 7.80. The lowest BCUT2D eigenvalue weighted by molar-refractivity contribution is 0.131. The average molecular weight is 236 g/mol. The van der Waals surface area contributed by atoms with Crippen LogP contribution in [0.3, 0.4) is 0 Å². The fourth-order valence-electron chi connectivity index (χ4n) is 1.21. The molecular formula is C9H20O3SSi. The molecule has 14 heavy (non-hydrogen) atoms. The zero-order chi connectivity index (χ0) is 11.2. The molecule has 3 nitrogen and oxygen atoms in total. The molecule has 0 N–H and O–H groups in total. The molecule has 0 radical (unpaired) electrons. The first-order valence-electron chi connectivity index (χ1n) is 4.91. The number of hydrogen-bond acceptors (Lipinski definition) is 4. The Labute approximate surface area is 93.0 Å². The van der Waals surface area contributed by atoms with Crippen LogP contribution in [-0.4, -0.2) is 32.6 Å². The van der Waals surface area contributed by atoms with Crippen molar-refractivity contribution in [3.8, 4) is 0 Å². The Morgan fingerprint density at radius 2 is 1.71 bits per heavy atom. The second-order valence-electron chi connectivity index (χ2n) is 3.13. The second kappa shape index (κ2) is 6.50. The van der Waals surface area contributed by atoms with Gasteiger partial charge >= 0.3 is 8.56 Å². The van der Waals surface area contributed by atoms with Crippen LogP contribution in [0.1, 0.15) is 27.7 Å². The number of thiocarbonyl (C=S) groups is 1. The van der Waals surface area contributed by atoms with Crippen molar-refractivity contribution in [1.29, 1.82) is 0 Å². The summed E-state index contributed by atoms with van der Waals surface area (Å²) in [5.41, 5.74) is -0.0695. The van der Waals surface area contributed by atoms with Gasteiger partial charge in [-0.25, -0.2) is 0 Å². The Hall–Kier alpha value is 0.0269. The van der Waals surface area contributed by atoms with E-state index in [1.165, 1.54) is 0 Å². The van der Waals surface area contributed by atoms with Crippen LogP contribution in [0.25, 0.3) is 0 Å². The van der Waals surface area contributed by atoms with Crippen molar-refractivity contribution in [1.82, 2.24) is 0 Å². The van der Waals surface area contributed by atoms with E-state index in [0.29, 0.717) is 18.3 Å². The average Bonchev–Trinajstić information content (AvgIpc) is 2.03. The van der Waals surface area contributed by atoms with Gasteiger partial charge in [-0.2, -0.15) is 0 Å². The number of rotatable bonds is 6. The van der Waals surface area contributed by atoms with E-state index in [0.717, 1.165) is 0 Å². The minimum Gasteiger partial charge on any atom is -0.483 e. The topological polar surface area (TPSA) is 27.7 Å². The van der Waals surface area contributed by atoms with Crippen LogP contribution in [0.4, 0.5) is 0 Å². The first-order chi connectivity index (χ1) is 6.46. The van der Waals surface area contributed by atoms with Crippen molar-refractivity contribution >= 4 is 25.8 Å². The lowest BCUT2D eigenvalue weighted by atomic mass is 10.8. The highest BCUT2D eigenvalue weighted by Gasteiger charge is 2.40. The SMILES string of the molecule is CCO[Si](C)(OCC)C(C)OC(C)=S. The molecule has 5 heteroatoms. The molecule has 0 amide bonds. The summed E-state index contributed by atoms with van der Waals surface area (Å²) in [7, 11) is -2.23. The fraction of sp³-hybridized carbons (Fsp3) is 0.889. The first-order valence-corrected chi connectivity index (χ1v) is 7.71. The molecule has 0 fully saturated rings. The highest BCUT2D eigenvalue weighted by Crippen LogP contribution is 2.15. The summed E-state index contributed by atoms with van der Waals surface area (Å²) < 4.78 is 16.8. The third kappa shape index (κ3) is 4.50. The van der Waals surface area contributed by atoms with Gasteiger partial charge in [-0.05, 0) is 39.5 Å². The normalized spacial score (nSPS) is 13.8. The van der Waals surface area contributed by atoms with Crippen LogP contribution in [0, 0.1) is 0 Å². The molecule has 0 aromatic rings. The van der Waals surface area contributed by atoms with E-state index in [1.54, 1.807) is 6.92 Å². The van der Waals surface area contributed by atoms with Gasteiger partial charge in [0.1, 0.15) is 5.73 Å². The fourth-order valence-corrected chi connectivity index (χ4v) is 3.53. The minimum atomic E-state index is -2.23. The van der Waals surface area contributed by atoms with Gasteiger partial charge in [-0.3, -0.25) is 0 Å². The van der Waals surface area contributed by atoms with Crippen molar-refractivity contribution < 1.29 is 13.6 Å². The van der Waals surface area contributed by atoms with E-state index in [9.17, 15) is 0 Å². The minimum absolute atomic E-state index is 0.0695. The summed E-state index contributed by atoms with van der Waals surface area (Å²) in [6, 6.07) is 0. The Balaban J connectivity index is 4.37. The van der Waals surface area contributed by atoms with E-state index in [4.69, 9.17) is 25.8 Å². The zero-order valence-electron chi connectivity index (χ0n) is 9.62. The molecule has 0 aliphatic carbocycles. The number of hydrogen-bond donors (Lipinski definition) is 0. The van der Waals surface area contributed by atoms with E-state index in [-0.39, 0.29) is 5.73 Å². The molecule has 0 spiro atoms. The predicted octanol–water partition coefficient (Wildman–Crippen LogP) is 2.42. The summed E-state index contributed by atoms with van der Waals surface area (Å²) in [5.74, 6) is 0. The molecule has 0 bridgehead atoms. The largest absolute Gasteiger partial charge is 0.483 e. The van der Waals surface area contributed by atoms with Gasteiger partial charge in [0.25, 0.3) is 0 Å². The van der Waals surface area contributed by atoms with Gasteiger partial charge in [0.2, 0.25) is 0 Å². The summed E-state index contributed by atoms with van der Waals surface area (Å²) in [6.07, 6.45) is 0. The standard InChI is InChI=1S/C9H20O3SSi/c1-6-10-14(5,11-7-2)9(4)12-8(3)13/h9H,6-7H2,1-5H3. The van der Waals surface area contributed by atoms with Crippen molar-refractivity contribution in [2.75, 3.05) is 13.2 Å². The smallest absolute Gasteiger partial charge is 0.376 e. The Kier molecular flexibility index (Phi) is 6.51. The highest BCUT2D eigenvalue weighted by atomic mass is 32.1. The summed E-state index contributed by atoms with van der Waals surface area (Å²) in [5, 5.41) is 0.538. The van der Waals surface area contributed by atoms with Crippen molar-refractivity contribution in [2.45, 2.75) is 40.0 Å². The van der Waals surface area contributed by atoms with Crippen LogP contribution in [0.2, 0.25) is 6.55 Å². The molecule has 0 saturated carbocycles. The molecule has 0 saturated heterocycles. The van der Waals surface area contributed by atoms with Crippen LogP contribution >= 0.6 is 12.2 Å². The number of ether oxygens (including phenoxy) is 1. The van der Waals surface area contributed by atoms with Gasteiger partial charge in [-0.1, -0.05) is 0 Å². The zero-order valence-corrected chi connectivity index (χ0v) is 11.4. The van der Waals surface area contributed by atoms with Crippen LogP contribution in [-0.2, 0) is 13.6 Å². The molecule has 0 aromatic heterocycles. The summed E-state index contributed by atoms with van der Waals surface area (Å²) >= 11 is 4.90. The summed E-state index contributed by atoms with van der Waals surface area (Å²) in [6.45, 7) is 10.9. The lowest BCUT2D eigenvalue weighted by Crippen LogP contribution is -2.51. The third-order valence-corrected chi connectivity index (χ3v) is 5.36. The Morgan fingerprint density at radius 3 is 2.00 bits per heavy atom. The first kappa shape index (κ1) is 14.0. The van der Waals surface area contributed by atoms with Crippen molar-refractivity contribution in [3.63, 3.8) is 0 Å². The maximum atomic E-state index is 5.66. The maximum Gasteiger partial charge on any atom is 0.376 e. The molecule has 0 aliphatic heterocycles. The molecular weight excluding hydrogens is 216 g/mol. The Morgan fingerprint density at radius 1 is 1.29 bits per heavy atom. The maximum absolute atomic E-state index is 5.66. The lowest BCUT2D eigenvalue weighted by Gasteiger charge is -2.31. The molecule has 84 valence electrons. The van der Waals surface area contributed by atoms with E-state index >= 15 is 0 Å². The van der Waals surface area contributed by atoms with Crippen LogP contribution in [0.5, 0.6) is 0 Å². The van der Waals surface area contributed by atoms with Gasteiger partial charge < -0.3 is 13.6 Å².